The zero-order chi connectivity index (χ0) is 30.3. The van der Waals surface area contributed by atoms with Crippen LogP contribution in [0.15, 0.2) is 67.0 Å². The molecule has 3 aromatic heterocycles. The van der Waals surface area contributed by atoms with Gasteiger partial charge in [0.1, 0.15) is 11.2 Å². The summed E-state index contributed by atoms with van der Waals surface area (Å²) in [6, 6.07) is 18.7. The van der Waals surface area contributed by atoms with Crippen molar-refractivity contribution < 1.29 is 9.53 Å². The summed E-state index contributed by atoms with van der Waals surface area (Å²) in [6.07, 6.45) is 3.70. The maximum Gasteiger partial charge on any atom is 0.410 e. The SMILES string of the molecule is Cc1nn(Cc2cccc(Cl)c2)c(C)c1-c1c[nH]c2ncc(-c3ccc(N4CCN(C(=O)OC(C)(C)C)CC4)cc3)cc12. The van der Waals surface area contributed by atoms with Crippen LogP contribution in [-0.2, 0) is 11.3 Å². The third kappa shape index (κ3) is 6.11. The van der Waals surface area contributed by atoms with Crippen molar-refractivity contribution in [2.75, 3.05) is 31.1 Å². The Labute approximate surface area is 257 Å². The van der Waals surface area contributed by atoms with Gasteiger partial charge in [-0.1, -0.05) is 35.9 Å². The topological polar surface area (TPSA) is 79.3 Å². The minimum Gasteiger partial charge on any atom is -0.444 e. The van der Waals surface area contributed by atoms with Gasteiger partial charge in [-0.15, -0.1) is 0 Å². The van der Waals surface area contributed by atoms with Crippen LogP contribution < -0.4 is 4.90 Å². The predicted molar refractivity (Wildman–Crippen MR) is 173 cm³/mol. The number of halogens is 1. The van der Waals surface area contributed by atoms with E-state index in [0.29, 0.717) is 19.6 Å². The highest BCUT2D eigenvalue weighted by Gasteiger charge is 2.26. The summed E-state index contributed by atoms with van der Waals surface area (Å²) in [4.78, 5) is 24.6. The van der Waals surface area contributed by atoms with Crippen molar-refractivity contribution >= 4 is 34.4 Å². The van der Waals surface area contributed by atoms with Crippen molar-refractivity contribution in [3.05, 3.63) is 89.0 Å². The van der Waals surface area contributed by atoms with Gasteiger partial charge >= 0.3 is 6.09 Å². The van der Waals surface area contributed by atoms with Gasteiger partial charge in [0.2, 0.25) is 0 Å². The van der Waals surface area contributed by atoms with Gasteiger partial charge in [-0.05, 0) is 76.1 Å². The molecule has 0 atom stereocenters. The quantitative estimate of drug-likeness (QED) is 0.228. The number of carbonyl (C=O) groups excluding carboxylic acids is 1. The largest absolute Gasteiger partial charge is 0.444 e. The molecule has 9 heteroatoms. The van der Waals surface area contributed by atoms with E-state index in [2.05, 4.69) is 60.1 Å². The van der Waals surface area contributed by atoms with Crippen molar-refractivity contribution in [3.63, 3.8) is 0 Å². The zero-order valence-electron chi connectivity index (χ0n) is 25.3. The summed E-state index contributed by atoms with van der Waals surface area (Å²) in [5.74, 6) is 0. The highest BCUT2D eigenvalue weighted by atomic mass is 35.5. The van der Waals surface area contributed by atoms with Crippen molar-refractivity contribution in [1.29, 1.82) is 0 Å². The number of rotatable bonds is 5. The molecule has 0 bridgehead atoms. The van der Waals surface area contributed by atoms with Gasteiger partial charge in [-0.3, -0.25) is 4.68 Å². The Kier molecular flexibility index (Phi) is 7.65. The molecule has 222 valence electrons. The second-order valence-electron chi connectivity index (χ2n) is 12.2. The van der Waals surface area contributed by atoms with E-state index in [1.165, 1.54) is 0 Å². The van der Waals surface area contributed by atoms with Crippen LogP contribution in [0.1, 0.15) is 37.7 Å². The fraction of sp³-hybridized carbons (Fsp3) is 0.324. The normalized spacial score (nSPS) is 14.0. The van der Waals surface area contributed by atoms with E-state index >= 15 is 0 Å². The molecule has 0 aliphatic carbocycles. The first kappa shape index (κ1) is 28.8. The number of hydrogen-bond donors (Lipinski definition) is 1. The first-order valence-corrected chi connectivity index (χ1v) is 15.0. The molecule has 1 amide bonds. The highest BCUT2D eigenvalue weighted by Crippen LogP contribution is 2.35. The molecule has 1 N–H and O–H groups in total. The molecular formula is C34H37ClN6O2. The molecule has 1 aliphatic rings. The molecule has 4 heterocycles. The van der Waals surface area contributed by atoms with Crippen LogP contribution in [0.25, 0.3) is 33.3 Å². The molecule has 1 aliphatic heterocycles. The third-order valence-electron chi connectivity index (χ3n) is 7.90. The molecular weight excluding hydrogens is 560 g/mol. The Bertz CT molecular complexity index is 1780. The number of nitrogens with zero attached hydrogens (tertiary/aromatic N) is 5. The number of nitrogens with one attached hydrogen (secondary N) is 1. The Morgan fingerprint density at radius 1 is 1.00 bits per heavy atom. The van der Waals surface area contributed by atoms with Gasteiger partial charge in [0.05, 0.1) is 12.2 Å². The number of aryl methyl sites for hydroxylation is 1. The van der Waals surface area contributed by atoms with E-state index in [4.69, 9.17) is 26.4 Å². The molecule has 0 saturated carbocycles. The lowest BCUT2D eigenvalue weighted by Crippen LogP contribution is -2.50. The van der Waals surface area contributed by atoms with E-state index in [9.17, 15) is 4.79 Å². The number of fused-ring (bicyclic) bond motifs is 1. The lowest BCUT2D eigenvalue weighted by Gasteiger charge is -2.36. The molecule has 5 aromatic rings. The first-order chi connectivity index (χ1) is 20.6. The van der Waals surface area contributed by atoms with Crippen LogP contribution in [0, 0.1) is 13.8 Å². The fourth-order valence-corrected chi connectivity index (χ4v) is 5.97. The van der Waals surface area contributed by atoms with Crippen molar-refractivity contribution in [2.24, 2.45) is 0 Å². The Morgan fingerprint density at radius 2 is 1.74 bits per heavy atom. The molecule has 0 unspecified atom stereocenters. The number of ether oxygens (including phenoxy) is 1. The van der Waals surface area contributed by atoms with Crippen LogP contribution in [0.5, 0.6) is 0 Å². The second-order valence-corrected chi connectivity index (χ2v) is 12.6. The molecule has 8 nitrogen and oxygen atoms in total. The monoisotopic (exact) mass is 596 g/mol. The number of pyridine rings is 1. The number of amides is 1. The van der Waals surface area contributed by atoms with Gasteiger partial charge in [0.15, 0.2) is 0 Å². The lowest BCUT2D eigenvalue weighted by molar-refractivity contribution is 0.0240. The highest BCUT2D eigenvalue weighted by molar-refractivity contribution is 6.30. The number of anilines is 1. The smallest absolute Gasteiger partial charge is 0.410 e. The summed E-state index contributed by atoms with van der Waals surface area (Å²) < 4.78 is 7.58. The standard InChI is InChI=1S/C34H37ClN6O2/c1-22-31(23(2)41(38-22)21-24-7-6-8-27(35)17-24)30-20-37-32-29(30)18-26(19-36-32)25-9-11-28(12-10-25)39-13-15-40(16-14-39)33(42)43-34(3,4)5/h6-12,17-20H,13-16,21H2,1-5H3,(H,36,37). The zero-order valence-corrected chi connectivity index (χ0v) is 26.1. The summed E-state index contributed by atoms with van der Waals surface area (Å²) in [7, 11) is 0. The third-order valence-corrected chi connectivity index (χ3v) is 8.14. The van der Waals surface area contributed by atoms with E-state index in [1.54, 1.807) is 4.90 Å². The van der Waals surface area contributed by atoms with Crippen LogP contribution >= 0.6 is 11.6 Å². The first-order valence-electron chi connectivity index (χ1n) is 14.6. The molecule has 6 rings (SSSR count). The predicted octanol–water partition coefficient (Wildman–Crippen LogP) is 7.47. The van der Waals surface area contributed by atoms with Crippen molar-refractivity contribution in [2.45, 2.75) is 46.8 Å². The Hall–Kier alpha value is -4.30. The molecule has 1 fully saturated rings. The summed E-state index contributed by atoms with van der Waals surface area (Å²) >= 11 is 6.22. The Balaban J connectivity index is 1.20. The van der Waals surface area contributed by atoms with Crippen LogP contribution in [0.3, 0.4) is 0 Å². The van der Waals surface area contributed by atoms with Crippen LogP contribution in [0.4, 0.5) is 10.5 Å². The van der Waals surface area contributed by atoms with Crippen molar-refractivity contribution in [3.8, 4) is 22.3 Å². The van der Waals surface area contributed by atoms with Crippen LogP contribution in [-0.4, -0.2) is 62.5 Å². The average Bonchev–Trinajstić information content (AvgIpc) is 3.50. The van der Waals surface area contributed by atoms with Gasteiger partial charge in [-0.2, -0.15) is 5.10 Å². The molecule has 1 saturated heterocycles. The number of aromatic amines is 1. The second kappa shape index (κ2) is 11.4. The van der Waals surface area contributed by atoms with Gasteiger partial charge in [-0.25, -0.2) is 9.78 Å². The van der Waals surface area contributed by atoms with Crippen LogP contribution in [0.2, 0.25) is 5.02 Å². The van der Waals surface area contributed by atoms with Gasteiger partial charge < -0.3 is 19.5 Å². The number of benzene rings is 2. The number of piperazine rings is 1. The molecule has 2 aromatic carbocycles. The summed E-state index contributed by atoms with van der Waals surface area (Å²) in [5.41, 5.74) is 9.05. The number of hydrogen-bond acceptors (Lipinski definition) is 5. The van der Waals surface area contributed by atoms with Gasteiger partial charge in [0.25, 0.3) is 0 Å². The summed E-state index contributed by atoms with van der Waals surface area (Å²) in [6.45, 7) is 13.3. The lowest BCUT2D eigenvalue weighted by atomic mass is 10.0. The number of H-pyrrole nitrogens is 1. The maximum absolute atomic E-state index is 12.4. The summed E-state index contributed by atoms with van der Waals surface area (Å²) in [5, 5.41) is 6.66. The van der Waals surface area contributed by atoms with Crippen molar-refractivity contribution in [1.82, 2.24) is 24.6 Å². The number of carbonyl (C=O) groups is 1. The van der Waals surface area contributed by atoms with E-state index in [1.807, 2.05) is 56.0 Å². The molecule has 0 radical (unpaired) electrons. The number of aromatic nitrogens is 4. The average molecular weight is 597 g/mol. The van der Waals surface area contributed by atoms with E-state index in [-0.39, 0.29) is 6.09 Å². The Morgan fingerprint density at radius 3 is 2.44 bits per heavy atom. The molecule has 43 heavy (non-hydrogen) atoms. The minimum absolute atomic E-state index is 0.242. The molecule has 0 spiro atoms. The van der Waals surface area contributed by atoms with E-state index < -0.39 is 5.60 Å². The minimum atomic E-state index is -0.486. The fourth-order valence-electron chi connectivity index (χ4n) is 5.76. The van der Waals surface area contributed by atoms with E-state index in [0.717, 1.165) is 74.0 Å². The maximum atomic E-state index is 12.4. The van der Waals surface area contributed by atoms with Gasteiger partial charge in [0, 0.05) is 77.1 Å².